The third kappa shape index (κ3) is 5.01. The first-order valence-electron chi connectivity index (χ1n) is 10.7. The minimum absolute atomic E-state index is 0.228. The van der Waals surface area contributed by atoms with Gasteiger partial charge in [-0.1, -0.05) is 31.4 Å². The SMILES string of the molecule is CCOC(=O)c1ccccc1NC(=O)Cn1nc2ccc(SC3CCCCC3)nn2c1=O. The molecule has 1 aromatic carbocycles. The molecule has 0 radical (unpaired) electrons. The Morgan fingerprint density at radius 2 is 1.91 bits per heavy atom. The predicted molar refractivity (Wildman–Crippen MR) is 121 cm³/mol. The van der Waals surface area contributed by atoms with E-state index >= 15 is 0 Å². The average Bonchev–Trinajstić information content (AvgIpc) is 3.09. The van der Waals surface area contributed by atoms with Gasteiger partial charge in [0.1, 0.15) is 11.6 Å². The number of rotatable bonds is 7. The summed E-state index contributed by atoms with van der Waals surface area (Å²) in [6.45, 7) is 1.64. The van der Waals surface area contributed by atoms with Gasteiger partial charge in [-0.3, -0.25) is 4.79 Å². The lowest BCUT2D eigenvalue weighted by molar-refractivity contribution is -0.117. The normalized spacial score (nSPS) is 14.4. The zero-order valence-electron chi connectivity index (χ0n) is 17.8. The molecule has 9 nitrogen and oxygen atoms in total. The largest absolute Gasteiger partial charge is 0.462 e. The number of hydrogen-bond donors (Lipinski definition) is 1. The highest BCUT2D eigenvalue weighted by Crippen LogP contribution is 2.32. The van der Waals surface area contributed by atoms with Gasteiger partial charge in [0.05, 0.1) is 17.9 Å². The van der Waals surface area contributed by atoms with Crippen LogP contribution in [0.1, 0.15) is 49.4 Å². The van der Waals surface area contributed by atoms with Crippen LogP contribution in [0.15, 0.2) is 46.2 Å². The summed E-state index contributed by atoms with van der Waals surface area (Å²) in [4.78, 5) is 37.4. The smallest absolute Gasteiger partial charge is 0.367 e. The summed E-state index contributed by atoms with van der Waals surface area (Å²) in [5, 5.41) is 12.6. The van der Waals surface area contributed by atoms with Crippen LogP contribution in [0.4, 0.5) is 5.69 Å². The maximum Gasteiger partial charge on any atom is 0.367 e. The van der Waals surface area contributed by atoms with Crippen LogP contribution >= 0.6 is 11.8 Å². The van der Waals surface area contributed by atoms with Crippen molar-refractivity contribution in [2.75, 3.05) is 11.9 Å². The Bertz CT molecular complexity index is 1180. The van der Waals surface area contributed by atoms with Crippen LogP contribution in [-0.2, 0) is 16.1 Å². The number of nitrogens with one attached hydrogen (secondary N) is 1. The van der Waals surface area contributed by atoms with Crippen LogP contribution in [0.2, 0.25) is 0 Å². The molecule has 1 saturated carbocycles. The number of carbonyl (C=O) groups is 2. The van der Waals surface area contributed by atoms with E-state index in [2.05, 4.69) is 15.5 Å². The van der Waals surface area contributed by atoms with Gasteiger partial charge in [0.25, 0.3) is 0 Å². The predicted octanol–water partition coefficient (Wildman–Crippen LogP) is 3.13. The van der Waals surface area contributed by atoms with Gasteiger partial charge in [0.2, 0.25) is 5.91 Å². The van der Waals surface area contributed by atoms with Crippen molar-refractivity contribution in [1.82, 2.24) is 19.4 Å². The van der Waals surface area contributed by atoms with Gasteiger partial charge in [-0.25, -0.2) is 14.3 Å². The van der Waals surface area contributed by atoms with E-state index in [1.54, 1.807) is 49.0 Å². The van der Waals surface area contributed by atoms with Crippen molar-refractivity contribution in [2.45, 2.75) is 55.8 Å². The zero-order valence-corrected chi connectivity index (χ0v) is 18.6. The molecular weight excluding hydrogens is 430 g/mol. The third-order valence-corrected chi connectivity index (χ3v) is 6.51. The van der Waals surface area contributed by atoms with Gasteiger partial charge < -0.3 is 10.1 Å². The van der Waals surface area contributed by atoms with Gasteiger partial charge in [0, 0.05) is 5.25 Å². The Balaban J connectivity index is 1.48. The monoisotopic (exact) mass is 455 g/mol. The number of nitrogens with zero attached hydrogens (tertiary/aromatic N) is 4. The number of thioether (sulfide) groups is 1. The molecule has 0 unspecified atom stereocenters. The minimum atomic E-state index is -0.527. The minimum Gasteiger partial charge on any atom is -0.462 e. The average molecular weight is 456 g/mol. The second kappa shape index (κ2) is 9.99. The molecule has 1 N–H and O–H groups in total. The summed E-state index contributed by atoms with van der Waals surface area (Å²) < 4.78 is 7.32. The molecule has 1 fully saturated rings. The molecule has 2 heterocycles. The lowest BCUT2D eigenvalue weighted by atomic mass is 10.0. The third-order valence-electron chi connectivity index (χ3n) is 5.25. The maximum atomic E-state index is 12.8. The van der Waals surface area contributed by atoms with E-state index in [4.69, 9.17) is 4.74 Å². The molecule has 0 spiro atoms. The fraction of sp³-hybridized carbons (Fsp3) is 0.409. The first kappa shape index (κ1) is 22.1. The fourth-order valence-corrected chi connectivity index (χ4v) is 4.90. The van der Waals surface area contributed by atoms with E-state index in [0.29, 0.717) is 16.6 Å². The lowest BCUT2D eigenvalue weighted by Gasteiger charge is -2.20. The van der Waals surface area contributed by atoms with Gasteiger partial charge in [-0.15, -0.1) is 16.9 Å². The van der Waals surface area contributed by atoms with Crippen molar-refractivity contribution in [1.29, 1.82) is 0 Å². The van der Waals surface area contributed by atoms with Crippen LogP contribution in [0, 0.1) is 0 Å². The number of benzene rings is 1. The molecule has 2 aromatic heterocycles. The van der Waals surface area contributed by atoms with Crippen molar-refractivity contribution < 1.29 is 14.3 Å². The Labute approximate surface area is 189 Å². The second-order valence-corrected chi connectivity index (χ2v) is 8.89. The van der Waals surface area contributed by atoms with E-state index in [1.807, 2.05) is 6.07 Å². The van der Waals surface area contributed by atoms with E-state index in [0.717, 1.165) is 22.5 Å². The summed E-state index contributed by atoms with van der Waals surface area (Å²) in [6, 6.07) is 10.2. The van der Waals surface area contributed by atoms with Gasteiger partial charge >= 0.3 is 11.7 Å². The zero-order chi connectivity index (χ0) is 22.5. The van der Waals surface area contributed by atoms with E-state index in [9.17, 15) is 14.4 Å². The number of hydrogen-bond acceptors (Lipinski definition) is 7. The van der Waals surface area contributed by atoms with Crippen molar-refractivity contribution in [2.24, 2.45) is 0 Å². The standard InChI is InChI=1S/C22H25N5O4S/c1-2-31-21(29)16-10-6-7-11-17(16)23-19(28)14-26-22(30)27-18(24-26)12-13-20(25-27)32-15-8-4-3-5-9-15/h6-7,10-13,15H,2-5,8-9,14H2,1H3,(H,23,28). The first-order chi connectivity index (χ1) is 15.5. The molecule has 0 aliphatic heterocycles. The Morgan fingerprint density at radius 1 is 1.12 bits per heavy atom. The Morgan fingerprint density at radius 3 is 2.69 bits per heavy atom. The Hall–Kier alpha value is -3.14. The number of anilines is 1. The van der Waals surface area contributed by atoms with Gasteiger partial charge in [-0.2, -0.15) is 9.61 Å². The highest BCUT2D eigenvalue weighted by molar-refractivity contribution is 7.99. The van der Waals surface area contributed by atoms with Crippen molar-refractivity contribution in [3.63, 3.8) is 0 Å². The van der Waals surface area contributed by atoms with E-state index < -0.39 is 17.6 Å². The fourth-order valence-electron chi connectivity index (χ4n) is 3.72. The summed E-state index contributed by atoms with van der Waals surface area (Å²) in [6.07, 6.45) is 6.05. The number of amides is 1. The van der Waals surface area contributed by atoms with Gasteiger partial charge in [0.15, 0.2) is 5.65 Å². The van der Waals surface area contributed by atoms with Crippen molar-refractivity contribution in [3.05, 3.63) is 52.4 Å². The van der Waals surface area contributed by atoms with Crippen LogP contribution in [-0.4, -0.2) is 43.1 Å². The molecule has 4 rings (SSSR count). The lowest BCUT2D eigenvalue weighted by Crippen LogP contribution is -2.29. The molecule has 0 bridgehead atoms. The number of fused-ring (bicyclic) bond motifs is 1. The van der Waals surface area contributed by atoms with E-state index in [1.165, 1.54) is 23.8 Å². The number of esters is 1. The van der Waals surface area contributed by atoms with Crippen molar-refractivity contribution in [3.8, 4) is 0 Å². The quantitative estimate of drug-likeness (QED) is 0.545. The highest BCUT2D eigenvalue weighted by Gasteiger charge is 2.18. The highest BCUT2D eigenvalue weighted by atomic mass is 32.2. The molecule has 32 heavy (non-hydrogen) atoms. The Kier molecular flexibility index (Phi) is 6.89. The number of ether oxygens (including phenoxy) is 1. The molecular formula is C22H25N5O4S. The van der Waals surface area contributed by atoms with Crippen LogP contribution < -0.4 is 11.0 Å². The summed E-state index contributed by atoms with van der Waals surface area (Å²) >= 11 is 1.69. The molecule has 1 aliphatic rings. The summed E-state index contributed by atoms with van der Waals surface area (Å²) in [7, 11) is 0. The van der Waals surface area contributed by atoms with Crippen LogP contribution in [0.5, 0.6) is 0 Å². The molecule has 0 saturated heterocycles. The van der Waals surface area contributed by atoms with Crippen LogP contribution in [0.25, 0.3) is 5.65 Å². The van der Waals surface area contributed by atoms with Gasteiger partial charge in [-0.05, 0) is 44.0 Å². The van der Waals surface area contributed by atoms with E-state index in [-0.39, 0.29) is 18.7 Å². The molecule has 0 atom stereocenters. The second-order valence-electron chi connectivity index (χ2n) is 7.57. The van der Waals surface area contributed by atoms with Crippen LogP contribution in [0.3, 0.4) is 0 Å². The number of para-hydroxylation sites is 1. The summed E-state index contributed by atoms with van der Waals surface area (Å²) in [5.74, 6) is -1.01. The van der Waals surface area contributed by atoms with Crippen molar-refractivity contribution >= 4 is 35.0 Å². The molecule has 10 heteroatoms. The molecule has 1 amide bonds. The summed E-state index contributed by atoms with van der Waals surface area (Å²) in [5.41, 5.74) is 0.454. The topological polar surface area (TPSA) is 108 Å². The number of carbonyl (C=O) groups excluding carboxylic acids is 2. The first-order valence-corrected chi connectivity index (χ1v) is 11.6. The molecule has 1 aliphatic carbocycles. The number of aromatic nitrogens is 4. The molecule has 168 valence electrons. The maximum absolute atomic E-state index is 12.8. The molecule has 3 aromatic rings.